The molecule has 1 aromatic rings. The van der Waals surface area contributed by atoms with Crippen LogP contribution in [0.2, 0.25) is 0 Å². The molecule has 0 fully saturated rings. The quantitative estimate of drug-likeness (QED) is 0.696. The Labute approximate surface area is 82.7 Å². The lowest BCUT2D eigenvalue weighted by Crippen LogP contribution is -2.63. The van der Waals surface area contributed by atoms with E-state index in [-0.39, 0.29) is 0 Å². The maximum Gasteiger partial charge on any atom is 0.313 e. The van der Waals surface area contributed by atoms with Crippen molar-refractivity contribution in [1.29, 1.82) is 0 Å². The molecule has 0 saturated heterocycles. The van der Waals surface area contributed by atoms with Gasteiger partial charge in [-0.1, -0.05) is 5.21 Å². The average molecular weight is 198 g/mol. The highest BCUT2D eigenvalue weighted by Crippen LogP contribution is 2.32. The van der Waals surface area contributed by atoms with Gasteiger partial charge < -0.3 is 5.11 Å². The zero-order valence-corrected chi connectivity index (χ0v) is 8.90. The van der Waals surface area contributed by atoms with E-state index in [2.05, 4.69) is 10.3 Å². The van der Waals surface area contributed by atoms with Gasteiger partial charge in [-0.15, -0.1) is 0 Å². The van der Waals surface area contributed by atoms with Crippen molar-refractivity contribution in [2.24, 2.45) is 5.41 Å². The first-order valence-corrected chi connectivity index (χ1v) is 4.45. The highest BCUT2D eigenvalue weighted by molar-refractivity contribution is 5.74. The molecule has 0 aliphatic carbocycles. The zero-order valence-electron chi connectivity index (χ0n) is 8.90. The number of H-pyrrole nitrogens is 1. The standard InChI is InChI=1S/C9H15N3O2/c1-8(2,7(13)14)9(3,4)12-6-5-10-11-12/h5-6H,1-4H3,(H,13,14)/p+1. The fourth-order valence-corrected chi connectivity index (χ4v) is 1.10. The van der Waals surface area contributed by atoms with Crippen LogP contribution in [-0.4, -0.2) is 21.4 Å². The summed E-state index contributed by atoms with van der Waals surface area (Å²) in [4.78, 5) is 11.1. The number of aliphatic carboxylic acids is 1. The van der Waals surface area contributed by atoms with Crippen molar-refractivity contribution >= 4 is 5.97 Å². The van der Waals surface area contributed by atoms with Crippen molar-refractivity contribution in [1.82, 2.24) is 10.3 Å². The number of carboxylic acid groups (broad SMARTS) is 1. The lowest BCUT2D eigenvalue weighted by molar-refractivity contribution is -0.819. The van der Waals surface area contributed by atoms with Gasteiger partial charge in [-0.25, -0.2) is 0 Å². The van der Waals surface area contributed by atoms with Crippen molar-refractivity contribution in [2.75, 3.05) is 0 Å². The Morgan fingerprint density at radius 2 is 2.00 bits per heavy atom. The maximum absolute atomic E-state index is 11.1. The van der Waals surface area contributed by atoms with E-state index in [1.807, 2.05) is 13.8 Å². The van der Waals surface area contributed by atoms with Gasteiger partial charge in [0.25, 0.3) is 0 Å². The third-order valence-corrected chi connectivity index (χ3v) is 3.12. The third-order valence-electron chi connectivity index (χ3n) is 3.12. The first-order chi connectivity index (χ1) is 6.30. The summed E-state index contributed by atoms with van der Waals surface area (Å²) in [6, 6.07) is 0. The van der Waals surface area contributed by atoms with E-state index in [1.54, 1.807) is 30.9 Å². The van der Waals surface area contributed by atoms with Crippen molar-refractivity contribution in [3.8, 4) is 0 Å². The summed E-state index contributed by atoms with van der Waals surface area (Å²) in [6.45, 7) is 7.12. The molecule has 0 atom stereocenters. The second kappa shape index (κ2) is 3.08. The minimum atomic E-state index is -0.871. The lowest BCUT2D eigenvalue weighted by Gasteiger charge is -2.33. The number of hydrogen-bond acceptors (Lipinski definition) is 2. The average Bonchev–Trinajstić information content (AvgIpc) is 2.55. The van der Waals surface area contributed by atoms with Gasteiger partial charge in [-0.2, -0.15) is 4.68 Å². The largest absolute Gasteiger partial charge is 0.481 e. The highest BCUT2D eigenvalue weighted by Gasteiger charge is 2.49. The first kappa shape index (κ1) is 10.7. The number of nitrogens with one attached hydrogen (secondary N) is 1. The molecule has 14 heavy (non-hydrogen) atoms. The van der Waals surface area contributed by atoms with Gasteiger partial charge in [0.05, 0.1) is 0 Å². The minimum Gasteiger partial charge on any atom is -0.481 e. The first-order valence-electron chi connectivity index (χ1n) is 4.45. The van der Waals surface area contributed by atoms with E-state index in [4.69, 9.17) is 5.11 Å². The van der Waals surface area contributed by atoms with E-state index >= 15 is 0 Å². The summed E-state index contributed by atoms with van der Waals surface area (Å²) in [6.07, 6.45) is 3.32. The predicted molar refractivity (Wildman–Crippen MR) is 49.5 cm³/mol. The van der Waals surface area contributed by atoms with Gasteiger partial charge >= 0.3 is 5.97 Å². The fraction of sp³-hybridized carbons (Fsp3) is 0.667. The molecule has 0 aliphatic heterocycles. The molecule has 0 spiro atoms. The molecule has 0 bridgehead atoms. The van der Waals surface area contributed by atoms with Crippen LogP contribution in [0.3, 0.4) is 0 Å². The van der Waals surface area contributed by atoms with Crippen LogP contribution in [-0.2, 0) is 10.3 Å². The molecule has 0 aromatic carbocycles. The Balaban J connectivity index is 3.13. The summed E-state index contributed by atoms with van der Waals surface area (Å²) in [5, 5.41) is 15.7. The molecule has 0 aliphatic rings. The third kappa shape index (κ3) is 1.38. The van der Waals surface area contributed by atoms with Gasteiger partial charge in [-0.05, 0) is 27.7 Å². The van der Waals surface area contributed by atoms with Crippen molar-refractivity contribution in [3.63, 3.8) is 0 Å². The smallest absolute Gasteiger partial charge is 0.313 e. The van der Waals surface area contributed by atoms with Crippen LogP contribution < -0.4 is 4.68 Å². The zero-order chi connectivity index (χ0) is 11.0. The van der Waals surface area contributed by atoms with Crippen LogP contribution in [0.4, 0.5) is 0 Å². The van der Waals surface area contributed by atoms with Crippen LogP contribution in [0.15, 0.2) is 12.4 Å². The van der Waals surface area contributed by atoms with Crippen molar-refractivity contribution in [2.45, 2.75) is 33.2 Å². The highest BCUT2D eigenvalue weighted by atomic mass is 16.4. The van der Waals surface area contributed by atoms with E-state index < -0.39 is 16.9 Å². The molecule has 1 rings (SSSR count). The SMILES string of the molecule is CC(C)(C(=O)O)C(C)(C)[n+]1ccn[nH]1. The predicted octanol–water partition coefficient (Wildman–Crippen LogP) is 0.543. The van der Waals surface area contributed by atoms with E-state index in [0.717, 1.165) is 0 Å². The molecule has 1 heterocycles. The monoisotopic (exact) mass is 198 g/mol. The van der Waals surface area contributed by atoms with E-state index in [1.165, 1.54) is 0 Å². The van der Waals surface area contributed by atoms with E-state index in [9.17, 15) is 4.79 Å². The Morgan fingerprint density at radius 3 is 2.36 bits per heavy atom. The number of hydrogen-bond donors (Lipinski definition) is 2. The van der Waals surface area contributed by atoms with Crippen LogP contribution in [0.1, 0.15) is 27.7 Å². The molecular weight excluding hydrogens is 182 g/mol. The van der Waals surface area contributed by atoms with Crippen LogP contribution >= 0.6 is 0 Å². The minimum absolute atomic E-state index is 0.560. The topological polar surface area (TPSA) is 69.9 Å². The molecule has 0 unspecified atom stereocenters. The number of carboxylic acids is 1. The van der Waals surface area contributed by atoms with Crippen molar-refractivity contribution < 1.29 is 14.6 Å². The number of aromatic amines is 1. The second-order valence-electron chi connectivity index (χ2n) is 4.39. The molecule has 5 heteroatoms. The molecule has 0 amide bonds. The Hall–Kier alpha value is -1.39. The van der Waals surface area contributed by atoms with Crippen LogP contribution in [0.5, 0.6) is 0 Å². The van der Waals surface area contributed by atoms with Crippen LogP contribution in [0, 0.1) is 5.41 Å². The molecular formula is C9H16N3O2+. The van der Waals surface area contributed by atoms with Crippen LogP contribution in [0.25, 0.3) is 0 Å². The number of carbonyl (C=O) groups is 1. The summed E-state index contributed by atoms with van der Waals surface area (Å²) < 4.78 is 1.70. The van der Waals surface area contributed by atoms with Crippen molar-refractivity contribution in [3.05, 3.63) is 12.4 Å². The molecule has 1 aromatic heterocycles. The summed E-state index contributed by atoms with van der Waals surface area (Å²) in [5.41, 5.74) is -1.43. The van der Waals surface area contributed by atoms with Gasteiger partial charge in [-0.3, -0.25) is 4.79 Å². The summed E-state index contributed by atoms with van der Waals surface area (Å²) in [7, 11) is 0. The lowest BCUT2D eigenvalue weighted by atomic mass is 9.74. The Bertz CT molecular complexity index is 328. The second-order valence-corrected chi connectivity index (χ2v) is 4.39. The maximum atomic E-state index is 11.1. The number of rotatable bonds is 3. The molecule has 5 nitrogen and oxygen atoms in total. The molecule has 78 valence electrons. The Kier molecular flexibility index (Phi) is 2.35. The van der Waals surface area contributed by atoms with Gasteiger partial charge in [0.15, 0.2) is 6.20 Å². The number of nitrogens with zero attached hydrogens (tertiary/aromatic N) is 2. The molecule has 0 radical (unpaired) electrons. The van der Waals surface area contributed by atoms with Gasteiger partial charge in [0.1, 0.15) is 11.0 Å². The fourth-order valence-electron chi connectivity index (χ4n) is 1.10. The number of aromatic nitrogens is 3. The molecule has 2 N–H and O–H groups in total. The molecule has 0 saturated carbocycles. The van der Waals surface area contributed by atoms with E-state index in [0.29, 0.717) is 0 Å². The van der Waals surface area contributed by atoms with Gasteiger partial charge in [0, 0.05) is 5.10 Å². The summed E-state index contributed by atoms with van der Waals surface area (Å²) in [5.74, 6) is -0.829. The van der Waals surface area contributed by atoms with Gasteiger partial charge in [0.2, 0.25) is 6.20 Å². The normalized spacial score (nSPS) is 12.9. The summed E-state index contributed by atoms with van der Waals surface area (Å²) >= 11 is 0. The Morgan fingerprint density at radius 1 is 1.43 bits per heavy atom.